The van der Waals surface area contributed by atoms with Crippen LogP contribution in [0.1, 0.15) is 33.1 Å². The average Bonchev–Trinajstić information content (AvgIpc) is 2.47. The normalized spacial score (nSPS) is 23.4. The molecule has 0 spiro atoms. The third-order valence-electron chi connectivity index (χ3n) is 4.07. The molecular formula is C16H25NO4S. The Morgan fingerprint density at radius 3 is 2.23 bits per heavy atom. The summed E-state index contributed by atoms with van der Waals surface area (Å²) in [4.78, 5) is 0.326. The first-order valence-corrected chi connectivity index (χ1v) is 9.16. The molecule has 2 atom stereocenters. The van der Waals surface area contributed by atoms with Crippen LogP contribution >= 0.6 is 0 Å². The van der Waals surface area contributed by atoms with Gasteiger partial charge in [0.1, 0.15) is 12.4 Å². The van der Waals surface area contributed by atoms with E-state index in [1.807, 2.05) is 13.8 Å². The number of methoxy groups -OCH3 is 1. The third kappa shape index (κ3) is 3.80. The van der Waals surface area contributed by atoms with Crippen molar-refractivity contribution in [2.75, 3.05) is 20.3 Å². The molecule has 0 aromatic heterocycles. The number of hydrogen-bond acceptors (Lipinski definition) is 4. The largest absolute Gasteiger partial charge is 0.491 e. The highest BCUT2D eigenvalue weighted by Crippen LogP contribution is 2.30. The van der Waals surface area contributed by atoms with Crippen LogP contribution in [0.2, 0.25) is 0 Å². The van der Waals surface area contributed by atoms with E-state index in [1.54, 1.807) is 35.7 Å². The molecule has 0 bridgehead atoms. The monoisotopic (exact) mass is 327 g/mol. The highest BCUT2D eigenvalue weighted by atomic mass is 32.2. The number of nitrogens with zero attached hydrogens (tertiary/aromatic N) is 1. The Morgan fingerprint density at radius 2 is 1.68 bits per heavy atom. The molecule has 124 valence electrons. The van der Waals surface area contributed by atoms with Crippen molar-refractivity contribution in [3.05, 3.63) is 24.3 Å². The Morgan fingerprint density at radius 1 is 1.09 bits per heavy atom. The zero-order valence-corrected chi connectivity index (χ0v) is 14.3. The van der Waals surface area contributed by atoms with Crippen molar-refractivity contribution in [3.8, 4) is 5.75 Å². The first-order chi connectivity index (χ1) is 10.5. The number of hydrogen-bond donors (Lipinski definition) is 0. The molecule has 22 heavy (non-hydrogen) atoms. The SMILES string of the molecule is COCCOc1ccc(S(=O)(=O)N2C(C)CCCC2C)cc1. The molecule has 1 aromatic carbocycles. The molecule has 0 amide bonds. The van der Waals surface area contributed by atoms with Gasteiger partial charge in [-0.15, -0.1) is 0 Å². The van der Waals surface area contributed by atoms with Crippen molar-refractivity contribution in [2.45, 2.75) is 50.1 Å². The number of ether oxygens (including phenoxy) is 2. The van der Waals surface area contributed by atoms with Crippen LogP contribution in [-0.2, 0) is 14.8 Å². The van der Waals surface area contributed by atoms with E-state index in [2.05, 4.69) is 0 Å². The standard InChI is InChI=1S/C16H25NO4S/c1-13-5-4-6-14(2)17(13)22(18,19)16-9-7-15(8-10-16)21-12-11-20-3/h7-10,13-14H,4-6,11-12H2,1-3H3. The van der Waals surface area contributed by atoms with Gasteiger partial charge in [-0.3, -0.25) is 0 Å². The zero-order valence-electron chi connectivity index (χ0n) is 13.5. The summed E-state index contributed by atoms with van der Waals surface area (Å²) in [7, 11) is -1.84. The van der Waals surface area contributed by atoms with Gasteiger partial charge in [0, 0.05) is 19.2 Å². The van der Waals surface area contributed by atoms with Gasteiger partial charge in [0.15, 0.2) is 0 Å². The summed E-state index contributed by atoms with van der Waals surface area (Å²) in [5.41, 5.74) is 0. The molecule has 1 aliphatic heterocycles. The van der Waals surface area contributed by atoms with Crippen molar-refractivity contribution in [3.63, 3.8) is 0 Å². The minimum Gasteiger partial charge on any atom is -0.491 e. The van der Waals surface area contributed by atoms with Gasteiger partial charge >= 0.3 is 0 Å². The fraction of sp³-hybridized carbons (Fsp3) is 0.625. The summed E-state index contributed by atoms with van der Waals surface area (Å²) in [6.45, 7) is 4.91. The van der Waals surface area contributed by atoms with Gasteiger partial charge in [0.25, 0.3) is 0 Å². The molecular weight excluding hydrogens is 302 g/mol. The van der Waals surface area contributed by atoms with Crippen LogP contribution in [0.5, 0.6) is 5.75 Å². The summed E-state index contributed by atoms with van der Waals surface area (Å²) < 4.78 is 37.7. The van der Waals surface area contributed by atoms with E-state index < -0.39 is 10.0 Å². The predicted molar refractivity (Wildman–Crippen MR) is 85.6 cm³/mol. The zero-order chi connectivity index (χ0) is 16.2. The van der Waals surface area contributed by atoms with Crippen LogP contribution in [0.3, 0.4) is 0 Å². The lowest BCUT2D eigenvalue weighted by Crippen LogP contribution is -2.47. The van der Waals surface area contributed by atoms with E-state index in [0.717, 1.165) is 19.3 Å². The second-order valence-electron chi connectivity index (χ2n) is 5.78. The lowest BCUT2D eigenvalue weighted by atomic mass is 10.0. The molecule has 1 saturated heterocycles. The molecule has 0 saturated carbocycles. The van der Waals surface area contributed by atoms with E-state index in [0.29, 0.717) is 23.9 Å². The van der Waals surface area contributed by atoms with Crippen molar-refractivity contribution in [2.24, 2.45) is 0 Å². The second-order valence-corrected chi connectivity index (χ2v) is 7.62. The third-order valence-corrected chi connectivity index (χ3v) is 6.21. The molecule has 0 aliphatic carbocycles. The maximum atomic E-state index is 12.8. The summed E-state index contributed by atoms with van der Waals surface area (Å²) in [6, 6.07) is 6.72. The van der Waals surface area contributed by atoms with E-state index >= 15 is 0 Å². The van der Waals surface area contributed by atoms with Crippen LogP contribution in [0.4, 0.5) is 0 Å². The Balaban J connectivity index is 2.15. The summed E-state index contributed by atoms with van der Waals surface area (Å²) in [6.07, 6.45) is 2.92. The maximum absolute atomic E-state index is 12.8. The molecule has 1 heterocycles. The molecule has 1 aromatic rings. The lowest BCUT2D eigenvalue weighted by molar-refractivity contribution is 0.146. The fourth-order valence-electron chi connectivity index (χ4n) is 2.94. The molecule has 5 nitrogen and oxygen atoms in total. The topological polar surface area (TPSA) is 55.8 Å². The molecule has 1 fully saturated rings. The first kappa shape index (κ1) is 17.2. The van der Waals surface area contributed by atoms with E-state index in [-0.39, 0.29) is 12.1 Å². The average molecular weight is 327 g/mol. The molecule has 0 radical (unpaired) electrons. The Bertz CT molecular complexity index is 560. The quantitative estimate of drug-likeness (QED) is 0.754. The van der Waals surface area contributed by atoms with Gasteiger partial charge in [0.2, 0.25) is 10.0 Å². The van der Waals surface area contributed by atoms with Gasteiger partial charge in [-0.1, -0.05) is 6.42 Å². The Labute approximate surface area is 133 Å². The van der Waals surface area contributed by atoms with Crippen LogP contribution in [0.25, 0.3) is 0 Å². The van der Waals surface area contributed by atoms with Crippen molar-refractivity contribution < 1.29 is 17.9 Å². The van der Waals surface area contributed by atoms with Crippen molar-refractivity contribution in [1.82, 2.24) is 4.31 Å². The smallest absolute Gasteiger partial charge is 0.243 e. The Hall–Kier alpha value is -1.11. The van der Waals surface area contributed by atoms with Crippen molar-refractivity contribution in [1.29, 1.82) is 0 Å². The highest BCUT2D eigenvalue weighted by molar-refractivity contribution is 7.89. The molecule has 1 aliphatic rings. The van der Waals surface area contributed by atoms with Gasteiger partial charge in [-0.05, 0) is 51.0 Å². The number of piperidine rings is 1. The van der Waals surface area contributed by atoms with Crippen molar-refractivity contribution >= 4 is 10.0 Å². The van der Waals surface area contributed by atoms with Gasteiger partial charge in [-0.2, -0.15) is 4.31 Å². The van der Waals surface area contributed by atoms with Gasteiger partial charge in [-0.25, -0.2) is 8.42 Å². The molecule has 0 N–H and O–H groups in total. The second kappa shape index (κ2) is 7.44. The number of rotatable bonds is 6. The van der Waals surface area contributed by atoms with Crippen LogP contribution in [0.15, 0.2) is 29.2 Å². The van der Waals surface area contributed by atoms with Crippen LogP contribution in [-0.4, -0.2) is 45.1 Å². The lowest BCUT2D eigenvalue weighted by Gasteiger charge is -2.37. The maximum Gasteiger partial charge on any atom is 0.243 e. The van der Waals surface area contributed by atoms with Gasteiger partial charge < -0.3 is 9.47 Å². The minimum atomic E-state index is -3.45. The van der Waals surface area contributed by atoms with E-state index in [9.17, 15) is 8.42 Å². The minimum absolute atomic E-state index is 0.0476. The number of sulfonamides is 1. The van der Waals surface area contributed by atoms with Crippen LogP contribution in [0, 0.1) is 0 Å². The van der Waals surface area contributed by atoms with Gasteiger partial charge in [0.05, 0.1) is 11.5 Å². The number of benzene rings is 1. The molecule has 2 rings (SSSR count). The summed E-state index contributed by atoms with van der Waals surface area (Å²) in [5.74, 6) is 0.649. The predicted octanol–water partition coefficient (Wildman–Crippen LogP) is 2.66. The first-order valence-electron chi connectivity index (χ1n) is 7.72. The van der Waals surface area contributed by atoms with E-state index in [4.69, 9.17) is 9.47 Å². The highest BCUT2D eigenvalue weighted by Gasteiger charge is 2.35. The van der Waals surface area contributed by atoms with Crippen LogP contribution < -0.4 is 4.74 Å². The Kier molecular flexibility index (Phi) is 5.83. The fourth-order valence-corrected chi connectivity index (χ4v) is 4.83. The molecule has 2 unspecified atom stereocenters. The molecule has 6 heteroatoms. The summed E-state index contributed by atoms with van der Waals surface area (Å²) >= 11 is 0. The summed E-state index contributed by atoms with van der Waals surface area (Å²) in [5, 5.41) is 0. The van der Waals surface area contributed by atoms with E-state index in [1.165, 1.54) is 0 Å².